The van der Waals surface area contributed by atoms with E-state index in [0.29, 0.717) is 0 Å². The molecule has 0 amide bonds. The predicted octanol–water partition coefficient (Wildman–Crippen LogP) is 0.936. The summed E-state index contributed by atoms with van der Waals surface area (Å²) in [6.07, 6.45) is 6.36. The van der Waals surface area contributed by atoms with Gasteiger partial charge in [0.1, 0.15) is 0 Å². The molecule has 2 rings (SSSR count). The Morgan fingerprint density at radius 3 is 3.00 bits per heavy atom. The van der Waals surface area contributed by atoms with E-state index in [0.717, 1.165) is 32.2 Å². The SMILES string of the molecule is Cn1cc(CNCC2CCOCC2)cn1. The quantitative estimate of drug-likeness (QED) is 0.802. The maximum atomic E-state index is 5.33. The van der Waals surface area contributed by atoms with Gasteiger partial charge in [-0.1, -0.05) is 0 Å². The first-order valence-corrected chi connectivity index (χ1v) is 5.60. The van der Waals surface area contributed by atoms with Gasteiger partial charge in [0.2, 0.25) is 0 Å². The molecule has 1 aromatic heterocycles. The van der Waals surface area contributed by atoms with Crippen LogP contribution in [0.5, 0.6) is 0 Å². The van der Waals surface area contributed by atoms with Gasteiger partial charge < -0.3 is 10.1 Å². The molecule has 84 valence electrons. The Kier molecular flexibility index (Phi) is 3.75. The van der Waals surface area contributed by atoms with Crippen molar-refractivity contribution in [3.8, 4) is 0 Å². The summed E-state index contributed by atoms with van der Waals surface area (Å²) >= 11 is 0. The summed E-state index contributed by atoms with van der Waals surface area (Å²) in [5.74, 6) is 0.787. The third-order valence-corrected chi connectivity index (χ3v) is 2.86. The minimum atomic E-state index is 0.787. The van der Waals surface area contributed by atoms with E-state index in [1.165, 1.54) is 18.4 Å². The molecule has 0 aliphatic carbocycles. The molecule has 0 unspecified atom stereocenters. The van der Waals surface area contributed by atoms with Crippen molar-refractivity contribution in [1.29, 1.82) is 0 Å². The third kappa shape index (κ3) is 3.32. The fourth-order valence-corrected chi connectivity index (χ4v) is 1.93. The Balaban J connectivity index is 1.65. The Hall–Kier alpha value is -0.870. The Morgan fingerprint density at radius 2 is 2.33 bits per heavy atom. The van der Waals surface area contributed by atoms with Crippen molar-refractivity contribution < 1.29 is 4.74 Å². The molecule has 1 aliphatic heterocycles. The van der Waals surface area contributed by atoms with E-state index in [1.54, 1.807) is 0 Å². The first-order chi connectivity index (χ1) is 7.34. The maximum absolute atomic E-state index is 5.33. The summed E-state index contributed by atoms with van der Waals surface area (Å²) < 4.78 is 7.17. The fourth-order valence-electron chi connectivity index (χ4n) is 1.93. The smallest absolute Gasteiger partial charge is 0.0534 e. The second-order valence-corrected chi connectivity index (χ2v) is 4.21. The molecule has 0 spiro atoms. The maximum Gasteiger partial charge on any atom is 0.0534 e. The molecule has 15 heavy (non-hydrogen) atoms. The Morgan fingerprint density at radius 1 is 1.53 bits per heavy atom. The molecule has 4 nitrogen and oxygen atoms in total. The molecule has 1 N–H and O–H groups in total. The summed E-state index contributed by atoms with van der Waals surface area (Å²) in [4.78, 5) is 0. The number of ether oxygens (including phenoxy) is 1. The van der Waals surface area contributed by atoms with E-state index < -0.39 is 0 Å². The number of nitrogens with zero attached hydrogens (tertiary/aromatic N) is 2. The van der Waals surface area contributed by atoms with Crippen LogP contribution in [0, 0.1) is 5.92 Å². The van der Waals surface area contributed by atoms with Gasteiger partial charge in [0.05, 0.1) is 6.20 Å². The van der Waals surface area contributed by atoms with Gasteiger partial charge in [0, 0.05) is 38.6 Å². The van der Waals surface area contributed by atoms with Crippen LogP contribution in [0.4, 0.5) is 0 Å². The topological polar surface area (TPSA) is 39.1 Å². The lowest BCUT2D eigenvalue weighted by Gasteiger charge is -2.22. The van der Waals surface area contributed by atoms with Gasteiger partial charge in [0.15, 0.2) is 0 Å². The van der Waals surface area contributed by atoms with Crippen molar-refractivity contribution in [3.63, 3.8) is 0 Å². The average molecular weight is 209 g/mol. The van der Waals surface area contributed by atoms with Gasteiger partial charge in [-0.2, -0.15) is 5.10 Å². The summed E-state index contributed by atoms with van der Waals surface area (Å²) in [7, 11) is 1.95. The summed E-state index contributed by atoms with van der Waals surface area (Å²) in [6, 6.07) is 0. The minimum absolute atomic E-state index is 0.787. The lowest BCUT2D eigenvalue weighted by atomic mass is 10.0. The van der Waals surface area contributed by atoms with Crippen molar-refractivity contribution in [1.82, 2.24) is 15.1 Å². The molecule has 1 aromatic rings. The molecule has 4 heteroatoms. The van der Waals surface area contributed by atoms with Crippen LogP contribution < -0.4 is 5.32 Å². The molecule has 0 bridgehead atoms. The molecule has 2 heterocycles. The highest BCUT2D eigenvalue weighted by molar-refractivity contribution is 5.02. The van der Waals surface area contributed by atoms with Crippen LogP contribution >= 0.6 is 0 Å². The van der Waals surface area contributed by atoms with E-state index in [2.05, 4.69) is 16.6 Å². The van der Waals surface area contributed by atoms with Crippen LogP contribution in [-0.2, 0) is 18.3 Å². The van der Waals surface area contributed by atoms with Crippen molar-refractivity contribution in [3.05, 3.63) is 18.0 Å². The van der Waals surface area contributed by atoms with Gasteiger partial charge >= 0.3 is 0 Å². The number of hydrogen-bond donors (Lipinski definition) is 1. The first kappa shape index (κ1) is 10.6. The molecular formula is C11H19N3O. The fraction of sp³-hybridized carbons (Fsp3) is 0.727. The highest BCUT2D eigenvalue weighted by Crippen LogP contribution is 2.13. The molecular weight excluding hydrogens is 190 g/mol. The monoisotopic (exact) mass is 209 g/mol. The molecule has 1 saturated heterocycles. The standard InChI is InChI=1S/C11H19N3O/c1-14-9-11(8-13-14)7-12-6-10-2-4-15-5-3-10/h8-10,12H,2-7H2,1H3. The first-order valence-electron chi connectivity index (χ1n) is 5.60. The van der Waals surface area contributed by atoms with Gasteiger partial charge in [0.25, 0.3) is 0 Å². The molecule has 0 aromatic carbocycles. The number of aromatic nitrogens is 2. The van der Waals surface area contributed by atoms with Crippen molar-refractivity contribution >= 4 is 0 Å². The highest BCUT2D eigenvalue weighted by Gasteiger charge is 2.12. The van der Waals surface area contributed by atoms with E-state index in [9.17, 15) is 0 Å². The zero-order valence-electron chi connectivity index (χ0n) is 9.28. The largest absolute Gasteiger partial charge is 0.381 e. The number of nitrogens with one attached hydrogen (secondary N) is 1. The number of rotatable bonds is 4. The lowest BCUT2D eigenvalue weighted by molar-refractivity contribution is 0.0662. The zero-order valence-corrected chi connectivity index (χ0v) is 9.28. The summed E-state index contributed by atoms with van der Waals surface area (Å²) in [5.41, 5.74) is 1.25. The summed E-state index contributed by atoms with van der Waals surface area (Å²) in [6.45, 7) is 3.88. The van der Waals surface area contributed by atoms with Crippen molar-refractivity contribution in [2.45, 2.75) is 19.4 Å². The molecule has 0 radical (unpaired) electrons. The van der Waals surface area contributed by atoms with E-state index >= 15 is 0 Å². The number of hydrogen-bond acceptors (Lipinski definition) is 3. The predicted molar refractivity (Wildman–Crippen MR) is 58.5 cm³/mol. The number of aryl methyl sites for hydroxylation is 1. The van der Waals surface area contributed by atoms with Gasteiger partial charge in [-0.25, -0.2) is 0 Å². The lowest BCUT2D eigenvalue weighted by Crippen LogP contribution is -2.27. The zero-order chi connectivity index (χ0) is 10.5. The van der Waals surface area contributed by atoms with Crippen LogP contribution in [0.2, 0.25) is 0 Å². The molecule has 0 saturated carbocycles. The Bertz CT molecular complexity index is 292. The van der Waals surface area contributed by atoms with Gasteiger partial charge in [-0.3, -0.25) is 4.68 Å². The Labute approximate surface area is 90.6 Å². The van der Waals surface area contributed by atoms with E-state index in [-0.39, 0.29) is 0 Å². The normalized spacial score (nSPS) is 18.2. The average Bonchev–Trinajstić information content (AvgIpc) is 2.66. The second kappa shape index (κ2) is 5.28. The highest BCUT2D eigenvalue weighted by atomic mass is 16.5. The van der Waals surface area contributed by atoms with Crippen LogP contribution in [0.1, 0.15) is 18.4 Å². The van der Waals surface area contributed by atoms with Crippen LogP contribution in [0.3, 0.4) is 0 Å². The third-order valence-electron chi connectivity index (χ3n) is 2.86. The van der Waals surface area contributed by atoms with Crippen molar-refractivity contribution in [2.75, 3.05) is 19.8 Å². The molecule has 1 fully saturated rings. The van der Waals surface area contributed by atoms with Crippen LogP contribution in [0.15, 0.2) is 12.4 Å². The van der Waals surface area contributed by atoms with E-state index in [1.807, 2.05) is 17.9 Å². The van der Waals surface area contributed by atoms with Gasteiger partial charge in [-0.05, 0) is 25.3 Å². The van der Waals surface area contributed by atoms with Gasteiger partial charge in [-0.15, -0.1) is 0 Å². The molecule has 1 aliphatic rings. The van der Waals surface area contributed by atoms with Crippen LogP contribution in [0.25, 0.3) is 0 Å². The van der Waals surface area contributed by atoms with E-state index in [4.69, 9.17) is 4.74 Å². The van der Waals surface area contributed by atoms with Crippen LogP contribution in [-0.4, -0.2) is 29.5 Å². The van der Waals surface area contributed by atoms with Crippen molar-refractivity contribution in [2.24, 2.45) is 13.0 Å². The molecule has 0 atom stereocenters. The second-order valence-electron chi connectivity index (χ2n) is 4.21. The minimum Gasteiger partial charge on any atom is -0.381 e. The summed E-state index contributed by atoms with van der Waals surface area (Å²) in [5, 5.41) is 7.61.